The van der Waals surface area contributed by atoms with E-state index in [1.807, 2.05) is 13.0 Å². The average Bonchev–Trinajstić information content (AvgIpc) is 2.17. The molecular formula is C10H13NO2. The summed E-state index contributed by atoms with van der Waals surface area (Å²) in [5.41, 5.74) is 6.77. The highest BCUT2D eigenvalue weighted by Crippen LogP contribution is 2.15. The van der Waals surface area contributed by atoms with Crippen LogP contribution in [-0.4, -0.2) is 17.6 Å². The Balaban J connectivity index is 2.98. The van der Waals surface area contributed by atoms with Crippen molar-refractivity contribution in [2.75, 3.05) is 6.54 Å². The molecule has 0 aliphatic rings. The van der Waals surface area contributed by atoms with E-state index in [0.29, 0.717) is 12.1 Å². The van der Waals surface area contributed by atoms with E-state index >= 15 is 0 Å². The Bertz CT molecular complexity index is 310. The van der Waals surface area contributed by atoms with E-state index < -0.39 is 5.97 Å². The van der Waals surface area contributed by atoms with Gasteiger partial charge in [-0.15, -0.1) is 0 Å². The molecule has 1 aromatic carbocycles. The number of nitrogens with two attached hydrogens (primary N) is 1. The van der Waals surface area contributed by atoms with Crippen LogP contribution in [0, 0.1) is 0 Å². The van der Waals surface area contributed by atoms with Crippen LogP contribution in [0.4, 0.5) is 0 Å². The first kappa shape index (κ1) is 9.74. The van der Waals surface area contributed by atoms with Gasteiger partial charge in [0.05, 0.1) is 5.56 Å². The second-order valence-electron chi connectivity index (χ2n) is 3.07. The van der Waals surface area contributed by atoms with Crippen molar-refractivity contribution in [3.63, 3.8) is 0 Å². The van der Waals surface area contributed by atoms with Gasteiger partial charge in [0.2, 0.25) is 0 Å². The third-order valence-corrected chi connectivity index (χ3v) is 2.06. The fourth-order valence-electron chi connectivity index (χ4n) is 1.11. The molecule has 0 saturated carbocycles. The lowest BCUT2D eigenvalue weighted by molar-refractivity contribution is 0.0697. The van der Waals surface area contributed by atoms with E-state index in [9.17, 15) is 4.79 Å². The highest BCUT2D eigenvalue weighted by Gasteiger charge is 2.06. The van der Waals surface area contributed by atoms with Crippen LogP contribution < -0.4 is 5.73 Å². The summed E-state index contributed by atoms with van der Waals surface area (Å²) >= 11 is 0. The minimum atomic E-state index is -0.897. The maximum atomic E-state index is 10.6. The van der Waals surface area contributed by atoms with Gasteiger partial charge < -0.3 is 10.8 Å². The summed E-state index contributed by atoms with van der Waals surface area (Å²) in [5, 5.41) is 8.73. The van der Waals surface area contributed by atoms with E-state index in [2.05, 4.69) is 0 Å². The van der Waals surface area contributed by atoms with Crippen molar-refractivity contribution < 1.29 is 9.90 Å². The topological polar surface area (TPSA) is 63.3 Å². The van der Waals surface area contributed by atoms with Crippen LogP contribution in [0.1, 0.15) is 28.8 Å². The number of carboxylic acid groups (broad SMARTS) is 1. The molecule has 0 radical (unpaired) electrons. The molecule has 1 unspecified atom stereocenters. The van der Waals surface area contributed by atoms with Crippen LogP contribution in [0.25, 0.3) is 0 Å². The third-order valence-electron chi connectivity index (χ3n) is 2.06. The molecule has 0 heterocycles. The van der Waals surface area contributed by atoms with Gasteiger partial charge in [-0.25, -0.2) is 4.79 Å². The molecule has 0 bridgehead atoms. The number of carboxylic acids is 1. The monoisotopic (exact) mass is 179 g/mol. The molecule has 3 heteroatoms. The third kappa shape index (κ3) is 2.29. The number of hydrogen-bond acceptors (Lipinski definition) is 2. The lowest BCUT2D eigenvalue weighted by Crippen LogP contribution is -2.09. The Morgan fingerprint density at radius 2 is 2.31 bits per heavy atom. The summed E-state index contributed by atoms with van der Waals surface area (Å²) in [6.07, 6.45) is 0. The number of hydrogen-bond donors (Lipinski definition) is 2. The molecule has 13 heavy (non-hydrogen) atoms. The number of carbonyl (C=O) groups is 1. The molecule has 0 aromatic heterocycles. The van der Waals surface area contributed by atoms with Crippen molar-refractivity contribution >= 4 is 5.97 Å². The second-order valence-corrected chi connectivity index (χ2v) is 3.07. The van der Waals surface area contributed by atoms with Crippen molar-refractivity contribution in [2.24, 2.45) is 5.73 Å². The van der Waals surface area contributed by atoms with Gasteiger partial charge in [-0.1, -0.05) is 19.1 Å². The average molecular weight is 179 g/mol. The van der Waals surface area contributed by atoms with E-state index in [-0.39, 0.29) is 5.92 Å². The number of aromatic carboxylic acids is 1. The lowest BCUT2D eigenvalue weighted by Gasteiger charge is -2.08. The fourth-order valence-corrected chi connectivity index (χ4v) is 1.11. The van der Waals surface area contributed by atoms with Crippen LogP contribution >= 0.6 is 0 Å². The van der Waals surface area contributed by atoms with E-state index in [0.717, 1.165) is 5.56 Å². The number of rotatable bonds is 3. The molecule has 0 aliphatic heterocycles. The lowest BCUT2D eigenvalue weighted by atomic mass is 9.99. The molecule has 0 amide bonds. The smallest absolute Gasteiger partial charge is 0.335 e. The van der Waals surface area contributed by atoms with Gasteiger partial charge >= 0.3 is 5.97 Å². The maximum Gasteiger partial charge on any atom is 0.335 e. The summed E-state index contributed by atoms with van der Waals surface area (Å²) in [6, 6.07) is 6.88. The normalized spacial score (nSPS) is 12.5. The molecule has 0 fully saturated rings. The van der Waals surface area contributed by atoms with Crippen LogP contribution in [0.3, 0.4) is 0 Å². The van der Waals surface area contributed by atoms with Gasteiger partial charge in [0.1, 0.15) is 0 Å². The highest BCUT2D eigenvalue weighted by molar-refractivity contribution is 5.87. The summed E-state index contributed by atoms with van der Waals surface area (Å²) in [7, 11) is 0. The van der Waals surface area contributed by atoms with Gasteiger partial charge in [0.25, 0.3) is 0 Å². The summed E-state index contributed by atoms with van der Waals surface area (Å²) in [5.74, 6) is -0.689. The fraction of sp³-hybridized carbons (Fsp3) is 0.300. The van der Waals surface area contributed by atoms with Gasteiger partial charge in [-0.05, 0) is 30.2 Å². The van der Waals surface area contributed by atoms with E-state index in [1.165, 1.54) is 0 Å². The standard InChI is InChI=1S/C10H13NO2/c1-7(6-11)8-3-2-4-9(5-8)10(12)13/h2-5,7H,6,11H2,1H3,(H,12,13). The zero-order chi connectivity index (χ0) is 9.84. The molecule has 1 rings (SSSR count). The van der Waals surface area contributed by atoms with E-state index in [4.69, 9.17) is 10.8 Å². The van der Waals surface area contributed by atoms with Crippen LogP contribution in [-0.2, 0) is 0 Å². The van der Waals surface area contributed by atoms with Crippen molar-refractivity contribution in [1.29, 1.82) is 0 Å². The highest BCUT2D eigenvalue weighted by atomic mass is 16.4. The summed E-state index contributed by atoms with van der Waals surface area (Å²) < 4.78 is 0. The van der Waals surface area contributed by atoms with Gasteiger partial charge in [-0.2, -0.15) is 0 Å². The van der Waals surface area contributed by atoms with Crippen LogP contribution in [0.15, 0.2) is 24.3 Å². The second kappa shape index (κ2) is 4.05. The van der Waals surface area contributed by atoms with Crippen molar-refractivity contribution in [3.8, 4) is 0 Å². The molecule has 0 saturated heterocycles. The number of benzene rings is 1. The molecule has 3 nitrogen and oxygen atoms in total. The largest absolute Gasteiger partial charge is 0.478 e. The van der Waals surface area contributed by atoms with Crippen LogP contribution in [0.5, 0.6) is 0 Å². The Kier molecular flexibility index (Phi) is 3.03. The first-order valence-corrected chi connectivity index (χ1v) is 4.18. The zero-order valence-corrected chi connectivity index (χ0v) is 7.53. The van der Waals surface area contributed by atoms with Crippen molar-refractivity contribution in [3.05, 3.63) is 35.4 Å². The Labute approximate surface area is 77.2 Å². The Morgan fingerprint density at radius 1 is 1.62 bits per heavy atom. The minimum absolute atomic E-state index is 0.208. The zero-order valence-electron chi connectivity index (χ0n) is 7.53. The minimum Gasteiger partial charge on any atom is -0.478 e. The van der Waals surface area contributed by atoms with Crippen molar-refractivity contribution in [1.82, 2.24) is 0 Å². The predicted molar refractivity (Wildman–Crippen MR) is 50.9 cm³/mol. The molecule has 0 aliphatic carbocycles. The van der Waals surface area contributed by atoms with Crippen LogP contribution in [0.2, 0.25) is 0 Å². The maximum absolute atomic E-state index is 10.6. The van der Waals surface area contributed by atoms with Gasteiger partial charge in [0, 0.05) is 0 Å². The quantitative estimate of drug-likeness (QED) is 0.738. The van der Waals surface area contributed by atoms with Crippen molar-refractivity contribution in [2.45, 2.75) is 12.8 Å². The summed E-state index contributed by atoms with van der Waals surface area (Å²) in [4.78, 5) is 10.6. The summed E-state index contributed by atoms with van der Waals surface area (Å²) in [6.45, 7) is 2.50. The molecule has 1 atom stereocenters. The molecule has 70 valence electrons. The Hall–Kier alpha value is -1.35. The first-order valence-electron chi connectivity index (χ1n) is 4.18. The van der Waals surface area contributed by atoms with Gasteiger partial charge in [-0.3, -0.25) is 0 Å². The predicted octanol–water partition coefficient (Wildman–Crippen LogP) is 1.45. The Morgan fingerprint density at radius 3 is 2.85 bits per heavy atom. The molecule has 0 spiro atoms. The molecule has 1 aromatic rings. The first-order chi connectivity index (χ1) is 6.15. The molecular weight excluding hydrogens is 166 g/mol. The van der Waals surface area contributed by atoms with E-state index in [1.54, 1.807) is 18.2 Å². The van der Waals surface area contributed by atoms with Gasteiger partial charge in [0.15, 0.2) is 0 Å². The molecule has 3 N–H and O–H groups in total. The SMILES string of the molecule is CC(CN)c1cccc(C(=O)O)c1.